The van der Waals surface area contributed by atoms with Crippen molar-refractivity contribution in [3.05, 3.63) is 59.4 Å². The average molecular weight is 396 g/mol. The smallest absolute Gasteiger partial charge is 0.239 e. The number of nitrogens with zero attached hydrogens (tertiary/aromatic N) is 2. The van der Waals surface area contributed by atoms with Crippen LogP contribution >= 0.6 is 0 Å². The fourth-order valence-corrected chi connectivity index (χ4v) is 4.44. The van der Waals surface area contributed by atoms with Gasteiger partial charge in [-0.1, -0.05) is 38.1 Å². The second-order valence-corrected chi connectivity index (χ2v) is 8.57. The number of piperidine rings is 1. The van der Waals surface area contributed by atoms with E-state index >= 15 is 0 Å². The number of carbonyl (C=O) groups is 2. The Morgan fingerprint density at radius 2 is 1.79 bits per heavy atom. The third-order valence-corrected chi connectivity index (χ3v) is 5.68. The van der Waals surface area contributed by atoms with Crippen LogP contribution in [0, 0.1) is 18.8 Å². The molecule has 1 aromatic heterocycles. The molecule has 0 aliphatic carbocycles. The summed E-state index contributed by atoms with van der Waals surface area (Å²) in [4.78, 5) is 27.8. The third kappa shape index (κ3) is 5.80. The number of amides is 1. The van der Waals surface area contributed by atoms with Gasteiger partial charge in [-0.3, -0.25) is 9.59 Å². The van der Waals surface area contributed by atoms with Crippen LogP contribution in [0.1, 0.15) is 48.3 Å². The van der Waals surface area contributed by atoms with Crippen molar-refractivity contribution in [2.45, 2.75) is 40.2 Å². The molecule has 0 spiro atoms. The Labute approximate surface area is 174 Å². The van der Waals surface area contributed by atoms with Crippen molar-refractivity contribution in [2.75, 3.05) is 26.2 Å². The highest BCUT2D eigenvalue weighted by atomic mass is 16.2. The van der Waals surface area contributed by atoms with Gasteiger partial charge < -0.3 is 14.8 Å². The van der Waals surface area contributed by atoms with E-state index < -0.39 is 0 Å². The zero-order valence-electron chi connectivity index (χ0n) is 17.9. The lowest BCUT2D eigenvalue weighted by atomic mass is 9.92. The van der Waals surface area contributed by atoms with E-state index in [9.17, 15) is 9.59 Å². The maximum absolute atomic E-state index is 12.9. The Morgan fingerprint density at radius 1 is 1.07 bits per heavy atom. The minimum Gasteiger partial charge on any atom is -0.355 e. The van der Waals surface area contributed by atoms with Crippen molar-refractivity contribution in [1.29, 1.82) is 0 Å². The van der Waals surface area contributed by atoms with Gasteiger partial charge in [-0.25, -0.2) is 0 Å². The Bertz CT molecular complexity index is 832. The molecule has 5 nitrogen and oxygen atoms in total. The molecule has 29 heavy (non-hydrogen) atoms. The molecule has 5 heteroatoms. The van der Waals surface area contributed by atoms with Gasteiger partial charge in [-0.2, -0.15) is 0 Å². The summed E-state index contributed by atoms with van der Waals surface area (Å²) >= 11 is 0. The predicted octanol–water partition coefficient (Wildman–Crippen LogP) is 3.51. The van der Waals surface area contributed by atoms with Gasteiger partial charge in [0, 0.05) is 31.4 Å². The summed E-state index contributed by atoms with van der Waals surface area (Å²) in [6.07, 6.45) is 4.06. The molecular weight excluding hydrogens is 362 g/mol. The minimum absolute atomic E-state index is 0.0470. The minimum atomic E-state index is -0.0552. The van der Waals surface area contributed by atoms with Gasteiger partial charge in [0.25, 0.3) is 0 Å². The molecule has 156 valence electrons. The van der Waals surface area contributed by atoms with Crippen LogP contribution < -0.4 is 5.32 Å². The van der Waals surface area contributed by atoms with E-state index in [0.29, 0.717) is 17.8 Å². The Balaban J connectivity index is 1.47. The number of hydrogen-bond acceptors (Lipinski definition) is 3. The topological polar surface area (TPSA) is 54.3 Å². The van der Waals surface area contributed by atoms with Gasteiger partial charge in [0.1, 0.15) is 6.54 Å². The molecule has 0 bridgehead atoms. The van der Waals surface area contributed by atoms with Crippen molar-refractivity contribution >= 4 is 11.7 Å². The summed E-state index contributed by atoms with van der Waals surface area (Å²) in [7, 11) is 0. The molecule has 0 unspecified atom stereocenters. The summed E-state index contributed by atoms with van der Waals surface area (Å²) in [6, 6.07) is 11.1. The van der Waals surface area contributed by atoms with Gasteiger partial charge >= 0.3 is 0 Å². The lowest BCUT2D eigenvalue weighted by Gasteiger charge is -2.34. The summed E-state index contributed by atoms with van der Waals surface area (Å²) in [6.45, 7) is 10.7. The van der Waals surface area contributed by atoms with Crippen LogP contribution in [0.3, 0.4) is 0 Å². The molecule has 1 saturated heterocycles. The first-order chi connectivity index (χ1) is 13.9. The second-order valence-electron chi connectivity index (χ2n) is 8.57. The zero-order chi connectivity index (χ0) is 20.8. The summed E-state index contributed by atoms with van der Waals surface area (Å²) in [5.74, 6) is 1.41. The van der Waals surface area contributed by atoms with Crippen LogP contribution in [0.5, 0.6) is 0 Å². The SMILES string of the molecule is Cc1ccccc1C(=O)c1cccn1CC(=O)NCCCN1C[C@H](C)C[C@@H](C)C1. The Hall–Kier alpha value is -2.40. The van der Waals surface area contributed by atoms with Crippen LogP contribution in [0.2, 0.25) is 0 Å². The largest absolute Gasteiger partial charge is 0.355 e. The predicted molar refractivity (Wildman–Crippen MR) is 116 cm³/mol. The summed E-state index contributed by atoms with van der Waals surface area (Å²) < 4.78 is 1.73. The second kappa shape index (κ2) is 9.88. The Morgan fingerprint density at radius 3 is 2.52 bits per heavy atom. The highest BCUT2D eigenvalue weighted by molar-refractivity contribution is 6.09. The lowest BCUT2D eigenvalue weighted by Crippen LogP contribution is -2.40. The number of hydrogen-bond donors (Lipinski definition) is 1. The Kier molecular flexibility index (Phi) is 7.26. The summed E-state index contributed by atoms with van der Waals surface area (Å²) in [5.41, 5.74) is 2.17. The van der Waals surface area contributed by atoms with Crippen molar-refractivity contribution in [1.82, 2.24) is 14.8 Å². The van der Waals surface area contributed by atoms with E-state index in [1.54, 1.807) is 16.8 Å². The molecule has 1 aromatic carbocycles. The first kappa shape index (κ1) is 21.3. The number of carbonyl (C=O) groups excluding carboxylic acids is 2. The lowest BCUT2D eigenvalue weighted by molar-refractivity contribution is -0.121. The molecule has 2 heterocycles. The van der Waals surface area contributed by atoms with Gasteiger partial charge in [-0.05, 0) is 55.8 Å². The molecule has 1 aliphatic heterocycles. The van der Waals surface area contributed by atoms with Gasteiger partial charge in [0.15, 0.2) is 0 Å². The number of nitrogens with one attached hydrogen (secondary N) is 1. The third-order valence-electron chi connectivity index (χ3n) is 5.68. The molecule has 2 aromatic rings. The number of aromatic nitrogens is 1. The standard InChI is InChI=1S/C24H33N3O2/c1-18-14-19(2)16-26(15-18)12-7-11-25-23(28)17-27-13-6-10-22(27)24(29)21-9-5-4-8-20(21)3/h4-6,8-10,13,18-19H,7,11-12,14-17H2,1-3H3,(H,25,28)/t18-,19-/m1/s1. The molecule has 2 atom stereocenters. The maximum atomic E-state index is 12.9. The molecule has 1 amide bonds. The molecule has 1 N–H and O–H groups in total. The summed E-state index contributed by atoms with van der Waals surface area (Å²) in [5, 5.41) is 3.00. The molecular formula is C24H33N3O2. The van der Waals surface area contributed by atoms with E-state index in [1.807, 2.05) is 37.3 Å². The molecule has 3 rings (SSSR count). The number of rotatable bonds is 8. The van der Waals surface area contributed by atoms with Crippen LogP contribution in [0.15, 0.2) is 42.6 Å². The van der Waals surface area contributed by atoms with E-state index in [4.69, 9.17) is 0 Å². The highest BCUT2D eigenvalue weighted by Crippen LogP contribution is 2.20. The number of benzene rings is 1. The molecule has 0 saturated carbocycles. The first-order valence-electron chi connectivity index (χ1n) is 10.7. The normalized spacial score (nSPS) is 19.8. The van der Waals surface area contributed by atoms with Crippen LogP contribution in [-0.2, 0) is 11.3 Å². The quantitative estimate of drug-likeness (QED) is 0.550. The first-order valence-corrected chi connectivity index (χ1v) is 10.7. The van der Waals surface area contributed by atoms with E-state index in [1.165, 1.54) is 6.42 Å². The number of likely N-dealkylation sites (tertiary alicyclic amines) is 1. The van der Waals surface area contributed by atoms with Gasteiger partial charge in [-0.15, -0.1) is 0 Å². The number of ketones is 1. The van der Waals surface area contributed by atoms with Crippen molar-refractivity contribution in [3.8, 4) is 0 Å². The van der Waals surface area contributed by atoms with Crippen LogP contribution in [-0.4, -0.2) is 47.3 Å². The van der Waals surface area contributed by atoms with Crippen molar-refractivity contribution in [3.63, 3.8) is 0 Å². The van der Waals surface area contributed by atoms with E-state index in [2.05, 4.69) is 24.1 Å². The fourth-order valence-electron chi connectivity index (χ4n) is 4.44. The number of aryl methyl sites for hydroxylation is 1. The van der Waals surface area contributed by atoms with Crippen molar-refractivity contribution in [2.24, 2.45) is 11.8 Å². The molecule has 1 aliphatic rings. The van der Waals surface area contributed by atoms with Crippen molar-refractivity contribution < 1.29 is 9.59 Å². The maximum Gasteiger partial charge on any atom is 0.239 e. The average Bonchev–Trinajstić information content (AvgIpc) is 3.12. The molecule has 1 fully saturated rings. The van der Waals surface area contributed by atoms with Gasteiger partial charge in [0.2, 0.25) is 11.7 Å². The van der Waals surface area contributed by atoms with Gasteiger partial charge in [0.05, 0.1) is 5.69 Å². The zero-order valence-corrected chi connectivity index (χ0v) is 17.9. The van der Waals surface area contributed by atoms with E-state index in [0.717, 1.165) is 43.5 Å². The molecule has 0 radical (unpaired) electrons. The fraction of sp³-hybridized carbons (Fsp3) is 0.500. The van der Waals surface area contributed by atoms with E-state index in [-0.39, 0.29) is 18.2 Å². The highest BCUT2D eigenvalue weighted by Gasteiger charge is 2.21. The van der Waals surface area contributed by atoms with Crippen LogP contribution in [0.25, 0.3) is 0 Å². The monoisotopic (exact) mass is 395 g/mol. The van der Waals surface area contributed by atoms with Crippen LogP contribution in [0.4, 0.5) is 0 Å².